The summed E-state index contributed by atoms with van der Waals surface area (Å²) in [4.78, 5) is 2.48. The van der Waals surface area contributed by atoms with Crippen molar-refractivity contribution in [3.8, 4) is 5.75 Å². The van der Waals surface area contributed by atoms with Crippen molar-refractivity contribution in [1.29, 1.82) is 0 Å². The van der Waals surface area contributed by atoms with Gasteiger partial charge < -0.3 is 15.4 Å². The van der Waals surface area contributed by atoms with Crippen molar-refractivity contribution in [2.75, 3.05) is 18.0 Å². The van der Waals surface area contributed by atoms with Gasteiger partial charge in [-0.25, -0.2) is 0 Å². The van der Waals surface area contributed by atoms with E-state index in [0.717, 1.165) is 25.3 Å². The molecule has 1 saturated heterocycles. The molecular formula is C15H24N2O. The lowest BCUT2D eigenvalue weighted by atomic mass is 10.1. The van der Waals surface area contributed by atoms with Crippen LogP contribution in [0, 0.1) is 0 Å². The van der Waals surface area contributed by atoms with Crippen LogP contribution < -0.4 is 15.4 Å². The van der Waals surface area contributed by atoms with E-state index in [4.69, 9.17) is 10.5 Å². The van der Waals surface area contributed by atoms with Gasteiger partial charge in [0.05, 0.1) is 6.10 Å². The molecule has 1 fully saturated rings. The molecule has 18 heavy (non-hydrogen) atoms. The first kappa shape index (κ1) is 13.2. The van der Waals surface area contributed by atoms with Gasteiger partial charge in [0.15, 0.2) is 0 Å². The lowest BCUT2D eigenvalue weighted by Gasteiger charge is -2.26. The monoisotopic (exact) mass is 248 g/mol. The van der Waals surface area contributed by atoms with Gasteiger partial charge in [0, 0.05) is 18.3 Å². The molecule has 0 aromatic heterocycles. The molecule has 0 aliphatic carbocycles. The fourth-order valence-electron chi connectivity index (χ4n) is 2.66. The van der Waals surface area contributed by atoms with Crippen LogP contribution in [0.2, 0.25) is 0 Å². The summed E-state index contributed by atoms with van der Waals surface area (Å²) in [7, 11) is 0. The molecule has 1 unspecified atom stereocenters. The Hall–Kier alpha value is -1.22. The minimum Gasteiger partial charge on any atom is -0.491 e. The van der Waals surface area contributed by atoms with Crippen molar-refractivity contribution in [3.05, 3.63) is 24.3 Å². The van der Waals surface area contributed by atoms with E-state index in [1.54, 1.807) is 0 Å². The zero-order valence-corrected chi connectivity index (χ0v) is 11.4. The van der Waals surface area contributed by atoms with Crippen LogP contribution in [-0.2, 0) is 0 Å². The van der Waals surface area contributed by atoms with Crippen molar-refractivity contribution in [1.82, 2.24) is 0 Å². The summed E-state index contributed by atoms with van der Waals surface area (Å²) in [6.07, 6.45) is 3.85. The first-order valence-electron chi connectivity index (χ1n) is 6.94. The minimum atomic E-state index is 0.229. The Kier molecular flexibility index (Phi) is 4.48. The Bertz CT molecular complexity index is 361. The van der Waals surface area contributed by atoms with E-state index in [1.165, 1.54) is 18.5 Å². The largest absolute Gasteiger partial charge is 0.491 e. The summed E-state index contributed by atoms with van der Waals surface area (Å²) in [5.41, 5.74) is 6.97. The maximum Gasteiger partial charge on any atom is 0.119 e. The van der Waals surface area contributed by atoms with Crippen LogP contribution in [0.1, 0.15) is 33.1 Å². The number of nitrogens with two attached hydrogens (primary N) is 1. The van der Waals surface area contributed by atoms with Crippen LogP contribution in [0.5, 0.6) is 5.75 Å². The topological polar surface area (TPSA) is 38.5 Å². The minimum absolute atomic E-state index is 0.229. The van der Waals surface area contributed by atoms with E-state index in [0.29, 0.717) is 6.04 Å². The number of hydrogen-bond acceptors (Lipinski definition) is 3. The molecule has 3 heteroatoms. The van der Waals surface area contributed by atoms with Crippen molar-refractivity contribution in [2.45, 2.75) is 45.3 Å². The summed E-state index contributed by atoms with van der Waals surface area (Å²) in [6.45, 7) is 6.02. The summed E-state index contributed by atoms with van der Waals surface area (Å²) in [5.74, 6) is 0.948. The van der Waals surface area contributed by atoms with Gasteiger partial charge in [-0.2, -0.15) is 0 Å². The normalized spacial score (nSPS) is 19.6. The molecular weight excluding hydrogens is 224 g/mol. The van der Waals surface area contributed by atoms with Gasteiger partial charge in [0.25, 0.3) is 0 Å². The van der Waals surface area contributed by atoms with Gasteiger partial charge in [-0.1, -0.05) is 0 Å². The highest BCUT2D eigenvalue weighted by atomic mass is 16.5. The maximum atomic E-state index is 5.68. The highest BCUT2D eigenvalue weighted by Gasteiger charge is 2.23. The van der Waals surface area contributed by atoms with Crippen LogP contribution in [0.3, 0.4) is 0 Å². The van der Waals surface area contributed by atoms with Crippen molar-refractivity contribution < 1.29 is 4.74 Å². The standard InChI is InChI=1S/C15H24N2O/c1-12(2)18-15-7-5-14(6-8-15)17-11-3-4-13(17)9-10-16/h5-8,12-13H,3-4,9-11,16H2,1-2H3. The molecule has 1 atom stereocenters. The van der Waals surface area contributed by atoms with Crippen molar-refractivity contribution in [3.63, 3.8) is 0 Å². The molecule has 0 radical (unpaired) electrons. The molecule has 1 aromatic carbocycles. The van der Waals surface area contributed by atoms with E-state index in [9.17, 15) is 0 Å². The van der Waals surface area contributed by atoms with Crippen LogP contribution in [0.4, 0.5) is 5.69 Å². The SMILES string of the molecule is CC(C)Oc1ccc(N2CCCC2CCN)cc1. The van der Waals surface area contributed by atoms with E-state index >= 15 is 0 Å². The zero-order valence-electron chi connectivity index (χ0n) is 11.4. The zero-order chi connectivity index (χ0) is 13.0. The fraction of sp³-hybridized carbons (Fsp3) is 0.600. The third-order valence-corrected chi connectivity index (χ3v) is 3.42. The van der Waals surface area contributed by atoms with Gasteiger partial charge in [-0.05, 0) is 63.9 Å². The first-order chi connectivity index (χ1) is 8.70. The highest BCUT2D eigenvalue weighted by molar-refractivity contribution is 5.50. The van der Waals surface area contributed by atoms with Gasteiger partial charge in [0.2, 0.25) is 0 Å². The maximum absolute atomic E-state index is 5.68. The molecule has 1 aliphatic rings. The van der Waals surface area contributed by atoms with E-state index in [1.807, 2.05) is 13.8 Å². The van der Waals surface area contributed by atoms with Crippen molar-refractivity contribution >= 4 is 5.69 Å². The summed E-state index contributed by atoms with van der Waals surface area (Å²) in [6, 6.07) is 9.06. The van der Waals surface area contributed by atoms with Gasteiger partial charge >= 0.3 is 0 Å². The van der Waals surface area contributed by atoms with Gasteiger partial charge in [-0.15, -0.1) is 0 Å². The second-order valence-corrected chi connectivity index (χ2v) is 5.23. The lowest BCUT2D eigenvalue weighted by molar-refractivity contribution is 0.242. The smallest absolute Gasteiger partial charge is 0.119 e. The second kappa shape index (κ2) is 6.10. The molecule has 2 N–H and O–H groups in total. The predicted molar refractivity (Wildman–Crippen MR) is 76.2 cm³/mol. The summed E-state index contributed by atoms with van der Waals surface area (Å²) >= 11 is 0. The van der Waals surface area contributed by atoms with Gasteiger partial charge in [-0.3, -0.25) is 0 Å². The van der Waals surface area contributed by atoms with Gasteiger partial charge in [0.1, 0.15) is 5.75 Å². The quantitative estimate of drug-likeness (QED) is 0.871. The van der Waals surface area contributed by atoms with E-state index in [-0.39, 0.29) is 6.10 Å². The average Bonchev–Trinajstić information content (AvgIpc) is 2.78. The Morgan fingerprint density at radius 3 is 2.67 bits per heavy atom. The molecule has 3 nitrogen and oxygen atoms in total. The molecule has 2 rings (SSSR count). The van der Waals surface area contributed by atoms with Crippen LogP contribution in [-0.4, -0.2) is 25.2 Å². The van der Waals surface area contributed by atoms with E-state index in [2.05, 4.69) is 29.2 Å². The molecule has 1 aliphatic heterocycles. The van der Waals surface area contributed by atoms with Crippen molar-refractivity contribution in [2.24, 2.45) is 5.73 Å². The number of rotatable bonds is 5. The number of benzene rings is 1. The molecule has 0 spiro atoms. The Labute approximate surface area is 110 Å². The molecule has 1 heterocycles. The Morgan fingerprint density at radius 2 is 2.06 bits per heavy atom. The molecule has 0 bridgehead atoms. The first-order valence-corrected chi connectivity index (χ1v) is 6.94. The third-order valence-electron chi connectivity index (χ3n) is 3.42. The Morgan fingerprint density at radius 1 is 1.33 bits per heavy atom. The lowest BCUT2D eigenvalue weighted by Crippen LogP contribution is -2.30. The molecule has 100 valence electrons. The second-order valence-electron chi connectivity index (χ2n) is 5.23. The number of anilines is 1. The Balaban J connectivity index is 2.04. The fourth-order valence-corrected chi connectivity index (χ4v) is 2.66. The van der Waals surface area contributed by atoms with Crippen LogP contribution in [0.25, 0.3) is 0 Å². The molecule has 1 aromatic rings. The van der Waals surface area contributed by atoms with E-state index < -0.39 is 0 Å². The number of ether oxygens (including phenoxy) is 1. The number of nitrogens with zero attached hydrogens (tertiary/aromatic N) is 1. The third kappa shape index (κ3) is 3.16. The summed E-state index contributed by atoms with van der Waals surface area (Å²) < 4.78 is 5.67. The molecule has 0 amide bonds. The predicted octanol–water partition coefficient (Wildman–Crippen LogP) is 2.79. The highest BCUT2D eigenvalue weighted by Crippen LogP contribution is 2.28. The molecule has 0 saturated carbocycles. The number of hydrogen-bond donors (Lipinski definition) is 1. The average molecular weight is 248 g/mol. The van der Waals surface area contributed by atoms with Crippen LogP contribution >= 0.6 is 0 Å². The van der Waals surface area contributed by atoms with Crippen LogP contribution in [0.15, 0.2) is 24.3 Å². The summed E-state index contributed by atoms with van der Waals surface area (Å²) in [5, 5.41) is 0.